The summed E-state index contributed by atoms with van der Waals surface area (Å²) in [7, 11) is 0. The molecule has 70 heavy (non-hydrogen) atoms. The molecule has 354 valence electrons. The van der Waals surface area contributed by atoms with Crippen molar-refractivity contribution < 1.29 is 0 Å². The van der Waals surface area contributed by atoms with Crippen LogP contribution in [-0.4, -0.2) is 6.71 Å². The number of hydrogen-bond acceptors (Lipinski definition) is 2. The average Bonchev–Trinajstić information content (AvgIpc) is 3.55. The quantitative estimate of drug-likeness (QED) is 0.163. The Morgan fingerprint density at radius 3 is 1.59 bits per heavy atom. The normalized spacial score (nSPS) is 19.0. The lowest BCUT2D eigenvalue weighted by Crippen LogP contribution is -2.62. The number of rotatable bonds is 3. The molecule has 0 N–H and O–H groups in total. The molecule has 0 fully saturated rings. The van der Waals surface area contributed by atoms with Crippen molar-refractivity contribution in [3.8, 4) is 22.3 Å². The molecule has 5 aliphatic rings. The van der Waals surface area contributed by atoms with E-state index in [1.165, 1.54) is 149 Å². The smallest absolute Gasteiger partial charge is 0.252 e. The summed E-state index contributed by atoms with van der Waals surface area (Å²) >= 11 is 0. The fourth-order valence-corrected chi connectivity index (χ4v) is 14.0. The zero-order chi connectivity index (χ0) is 49.4. The van der Waals surface area contributed by atoms with Gasteiger partial charge in [0.1, 0.15) is 0 Å². The molecule has 0 spiro atoms. The van der Waals surface area contributed by atoms with Crippen molar-refractivity contribution in [2.45, 2.75) is 162 Å². The van der Waals surface area contributed by atoms with E-state index in [4.69, 9.17) is 0 Å². The molecule has 3 heteroatoms. The van der Waals surface area contributed by atoms with E-state index in [0.717, 1.165) is 0 Å². The maximum absolute atomic E-state index is 2.78. The average molecular weight is 917 g/mol. The number of benzene rings is 7. The van der Waals surface area contributed by atoms with Crippen LogP contribution in [0.1, 0.15) is 166 Å². The Morgan fingerprint density at radius 1 is 0.429 bits per heavy atom. The number of nitrogens with zero attached hydrogens (tertiary/aromatic N) is 2. The van der Waals surface area contributed by atoms with Gasteiger partial charge in [0.25, 0.3) is 6.71 Å². The van der Waals surface area contributed by atoms with Crippen LogP contribution in [0.2, 0.25) is 0 Å². The maximum atomic E-state index is 2.78. The minimum absolute atomic E-state index is 0.00194. The molecule has 0 saturated carbocycles. The zero-order valence-electron chi connectivity index (χ0n) is 44.8. The topological polar surface area (TPSA) is 6.48 Å². The highest BCUT2D eigenvalue weighted by atomic mass is 15.2. The van der Waals surface area contributed by atoms with E-state index in [1.807, 2.05) is 0 Å². The summed E-state index contributed by atoms with van der Waals surface area (Å²) < 4.78 is 0. The van der Waals surface area contributed by atoms with Crippen molar-refractivity contribution >= 4 is 57.2 Å². The van der Waals surface area contributed by atoms with Crippen LogP contribution in [0.4, 0.5) is 34.1 Å². The summed E-state index contributed by atoms with van der Waals surface area (Å²) in [6.45, 7) is 36.5. The molecule has 0 amide bonds. The SMILES string of the molecule is Cc1cc(C(C)(C)C)ccc1N1c2cc3c(cc2B2c4ccc5c(c4N(c4cc6c(cc4C)C(C)(C)CCC6(C)C)c4cc(-c6ccccc6)cc1c42)-c1ccccc1C5(C)C)C(C)(C)CCC3(C)C. The highest BCUT2D eigenvalue weighted by molar-refractivity contribution is 7.00. The summed E-state index contributed by atoms with van der Waals surface area (Å²) in [6, 6.07) is 48.6. The van der Waals surface area contributed by atoms with E-state index in [-0.39, 0.29) is 39.2 Å². The van der Waals surface area contributed by atoms with Crippen molar-refractivity contribution in [3.63, 3.8) is 0 Å². The molecular weight excluding hydrogens is 844 g/mol. The highest BCUT2D eigenvalue weighted by Gasteiger charge is 2.50. The molecule has 2 aliphatic heterocycles. The minimum atomic E-state index is -0.159. The lowest BCUT2D eigenvalue weighted by atomic mass is 9.32. The number of aryl methyl sites for hydroxylation is 2. The first-order valence-corrected chi connectivity index (χ1v) is 26.5. The molecule has 0 atom stereocenters. The third-order valence-electron chi connectivity index (χ3n) is 18.6. The van der Waals surface area contributed by atoms with Crippen LogP contribution in [0.3, 0.4) is 0 Å². The van der Waals surface area contributed by atoms with Crippen LogP contribution in [0.25, 0.3) is 22.3 Å². The molecule has 3 aliphatic carbocycles. The standard InChI is InChI=1S/C67H73BN2/c1-40-33-44(62(3,4)5)25-28-54(40)69-56-39-51-49(64(8,9)30-32-66(51,12)13)37-53(56)68-52-27-26-47-59(45-23-19-20-24-46(45)67(47,14)15)61(52)70(58-36-43(35-57(69)60(58)68)42-21-17-16-18-22-42)55-38-50-48(34-41(55)2)63(6,7)29-31-65(50,10)11/h16-28,33-39H,29-32H2,1-15H3. The molecule has 7 aromatic rings. The van der Waals surface area contributed by atoms with Gasteiger partial charge < -0.3 is 9.80 Å². The van der Waals surface area contributed by atoms with Crippen LogP contribution in [0, 0.1) is 13.8 Å². The molecule has 0 aromatic heterocycles. The summed E-state index contributed by atoms with van der Waals surface area (Å²) in [6.07, 6.45) is 4.70. The molecule has 0 saturated heterocycles. The van der Waals surface area contributed by atoms with Crippen LogP contribution in [0.5, 0.6) is 0 Å². The minimum Gasteiger partial charge on any atom is -0.311 e. The van der Waals surface area contributed by atoms with Crippen LogP contribution in [0.15, 0.2) is 121 Å². The van der Waals surface area contributed by atoms with Gasteiger partial charge in [-0.3, -0.25) is 0 Å². The Kier molecular flexibility index (Phi) is 9.49. The molecule has 0 radical (unpaired) electrons. The van der Waals surface area contributed by atoms with Gasteiger partial charge in [-0.2, -0.15) is 0 Å². The van der Waals surface area contributed by atoms with Crippen molar-refractivity contribution in [2.75, 3.05) is 9.80 Å². The fraction of sp³-hybridized carbons (Fsp3) is 0.373. The lowest BCUT2D eigenvalue weighted by Gasteiger charge is -2.48. The number of fused-ring (bicyclic) bond motifs is 10. The van der Waals surface area contributed by atoms with E-state index < -0.39 is 0 Å². The largest absolute Gasteiger partial charge is 0.311 e. The summed E-state index contributed by atoms with van der Waals surface area (Å²) in [5.74, 6) is 0. The van der Waals surface area contributed by atoms with Crippen LogP contribution >= 0.6 is 0 Å². The third kappa shape index (κ3) is 6.37. The molecule has 0 bridgehead atoms. The van der Waals surface area contributed by atoms with Gasteiger partial charge in [0.05, 0.1) is 0 Å². The Morgan fingerprint density at radius 2 is 0.971 bits per heavy atom. The predicted molar refractivity (Wildman–Crippen MR) is 302 cm³/mol. The van der Waals surface area contributed by atoms with Crippen molar-refractivity contribution in [2.24, 2.45) is 0 Å². The van der Waals surface area contributed by atoms with Crippen molar-refractivity contribution in [3.05, 3.63) is 171 Å². The maximum Gasteiger partial charge on any atom is 0.252 e. The van der Waals surface area contributed by atoms with E-state index >= 15 is 0 Å². The van der Waals surface area contributed by atoms with Crippen LogP contribution in [-0.2, 0) is 32.5 Å². The van der Waals surface area contributed by atoms with Gasteiger partial charge in [-0.05, 0) is 180 Å². The Hall–Kier alpha value is -5.80. The molecular formula is C67H73BN2. The first-order chi connectivity index (χ1) is 32.9. The Labute approximate surface area is 420 Å². The molecule has 0 unspecified atom stereocenters. The van der Waals surface area contributed by atoms with E-state index in [2.05, 4.69) is 235 Å². The highest BCUT2D eigenvalue weighted by Crippen LogP contribution is 2.58. The first kappa shape index (κ1) is 45.4. The zero-order valence-corrected chi connectivity index (χ0v) is 44.8. The molecule has 2 nitrogen and oxygen atoms in total. The second-order valence-electron chi connectivity index (χ2n) is 26.4. The predicted octanol–water partition coefficient (Wildman–Crippen LogP) is 16.4. The molecule has 2 heterocycles. The van der Waals surface area contributed by atoms with Gasteiger partial charge in [0, 0.05) is 45.1 Å². The van der Waals surface area contributed by atoms with E-state index in [9.17, 15) is 0 Å². The fourth-order valence-electron chi connectivity index (χ4n) is 14.0. The monoisotopic (exact) mass is 917 g/mol. The van der Waals surface area contributed by atoms with E-state index in [0.29, 0.717) is 0 Å². The summed E-state index contributed by atoms with van der Waals surface area (Å²) in [4.78, 5) is 5.49. The Balaban J connectivity index is 1.27. The number of hydrogen-bond donors (Lipinski definition) is 0. The van der Waals surface area contributed by atoms with Gasteiger partial charge in [-0.25, -0.2) is 0 Å². The molecule has 7 aromatic carbocycles. The van der Waals surface area contributed by atoms with Crippen molar-refractivity contribution in [1.82, 2.24) is 0 Å². The summed E-state index contributed by atoms with van der Waals surface area (Å²) in [5, 5.41) is 0. The van der Waals surface area contributed by atoms with Crippen LogP contribution < -0.4 is 26.2 Å². The first-order valence-electron chi connectivity index (χ1n) is 26.5. The van der Waals surface area contributed by atoms with Gasteiger partial charge >= 0.3 is 0 Å². The Bertz CT molecular complexity index is 3370. The van der Waals surface area contributed by atoms with Gasteiger partial charge in [-0.1, -0.05) is 181 Å². The van der Waals surface area contributed by atoms with Crippen molar-refractivity contribution in [1.29, 1.82) is 0 Å². The van der Waals surface area contributed by atoms with Gasteiger partial charge in [-0.15, -0.1) is 0 Å². The second kappa shape index (κ2) is 14.7. The van der Waals surface area contributed by atoms with Gasteiger partial charge in [0.15, 0.2) is 0 Å². The van der Waals surface area contributed by atoms with E-state index in [1.54, 1.807) is 0 Å². The second-order valence-corrected chi connectivity index (χ2v) is 26.4. The van der Waals surface area contributed by atoms with Gasteiger partial charge in [0.2, 0.25) is 0 Å². The molecule has 12 rings (SSSR count). The summed E-state index contributed by atoms with van der Waals surface area (Å²) in [5.41, 5.74) is 30.2. The number of anilines is 6. The lowest BCUT2D eigenvalue weighted by molar-refractivity contribution is 0.332. The third-order valence-corrected chi connectivity index (χ3v) is 18.6.